The van der Waals surface area contributed by atoms with Crippen molar-refractivity contribution in [3.8, 4) is 5.75 Å². The summed E-state index contributed by atoms with van der Waals surface area (Å²) in [7, 11) is -2.18. The quantitative estimate of drug-likeness (QED) is 0.620. The molecule has 138 valence electrons. The third-order valence-electron chi connectivity index (χ3n) is 3.72. The number of methoxy groups -OCH3 is 1. The SMILES string of the molecule is CCOc1ccc2c(c1)s/c(=N\S(=O)(=O)c1ccccc1)n2CCOC. The molecule has 2 aromatic carbocycles. The van der Waals surface area contributed by atoms with Crippen LogP contribution in [0.1, 0.15) is 6.92 Å². The average Bonchev–Trinajstić information content (AvgIpc) is 2.96. The standard InChI is InChI=1S/C18H20N2O4S2/c1-3-24-14-9-10-16-17(13-14)25-18(20(16)11-12-23-2)19-26(21,22)15-7-5-4-6-8-15/h4-10,13H,3,11-12H2,1-2H3/b19-18-. The highest BCUT2D eigenvalue weighted by Gasteiger charge is 2.14. The zero-order valence-electron chi connectivity index (χ0n) is 14.6. The van der Waals surface area contributed by atoms with Crippen LogP contribution < -0.4 is 9.54 Å². The van der Waals surface area contributed by atoms with Gasteiger partial charge in [0.1, 0.15) is 5.75 Å². The minimum atomic E-state index is -3.79. The Morgan fingerprint density at radius 2 is 1.92 bits per heavy atom. The van der Waals surface area contributed by atoms with E-state index in [1.807, 2.05) is 29.7 Å². The van der Waals surface area contributed by atoms with Gasteiger partial charge < -0.3 is 14.0 Å². The second-order valence-corrected chi connectivity index (χ2v) is 8.08. The van der Waals surface area contributed by atoms with E-state index in [2.05, 4.69) is 4.40 Å². The predicted octanol–water partition coefficient (Wildman–Crippen LogP) is 3.04. The average molecular weight is 393 g/mol. The molecule has 26 heavy (non-hydrogen) atoms. The van der Waals surface area contributed by atoms with Crippen LogP contribution in [0, 0.1) is 0 Å². The Morgan fingerprint density at radius 3 is 2.62 bits per heavy atom. The van der Waals surface area contributed by atoms with Crippen molar-refractivity contribution in [3.63, 3.8) is 0 Å². The van der Waals surface area contributed by atoms with Gasteiger partial charge in [0.2, 0.25) is 4.80 Å². The van der Waals surface area contributed by atoms with Crippen LogP contribution in [0.15, 0.2) is 57.8 Å². The number of benzene rings is 2. The molecule has 1 heterocycles. The van der Waals surface area contributed by atoms with Crippen molar-refractivity contribution < 1.29 is 17.9 Å². The van der Waals surface area contributed by atoms with Gasteiger partial charge in [-0.25, -0.2) is 0 Å². The molecule has 3 rings (SSSR count). The Labute approximate surface area is 156 Å². The summed E-state index contributed by atoms with van der Waals surface area (Å²) in [6.07, 6.45) is 0. The van der Waals surface area contributed by atoms with Crippen molar-refractivity contribution in [2.24, 2.45) is 4.40 Å². The van der Waals surface area contributed by atoms with Gasteiger partial charge in [-0.05, 0) is 37.3 Å². The molecule has 8 heteroatoms. The lowest BCUT2D eigenvalue weighted by Crippen LogP contribution is -2.19. The summed E-state index contributed by atoms with van der Waals surface area (Å²) in [5, 5.41) is 0. The molecule has 0 aliphatic heterocycles. The number of fused-ring (bicyclic) bond motifs is 1. The summed E-state index contributed by atoms with van der Waals surface area (Å²) in [5.41, 5.74) is 0.900. The Kier molecular flexibility index (Phi) is 5.75. The van der Waals surface area contributed by atoms with E-state index in [0.717, 1.165) is 16.0 Å². The van der Waals surface area contributed by atoms with Gasteiger partial charge >= 0.3 is 0 Å². The number of thiazole rings is 1. The molecule has 1 aromatic heterocycles. The maximum Gasteiger partial charge on any atom is 0.285 e. The molecule has 0 radical (unpaired) electrons. The number of sulfonamides is 1. The maximum atomic E-state index is 12.6. The van der Waals surface area contributed by atoms with Gasteiger partial charge in [-0.2, -0.15) is 8.42 Å². The second kappa shape index (κ2) is 8.03. The number of nitrogens with zero attached hydrogens (tertiary/aromatic N) is 2. The van der Waals surface area contributed by atoms with Gasteiger partial charge in [0.25, 0.3) is 10.0 Å². The topological polar surface area (TPSA) is 69.9 Å². The third kappa shape index (κ3) is 3.98. The van der Waals surface area contributed by atoms with Crippen LogP contribution in [0.25, 0.3) is 10.2 Å². The number of hydrogen-bond acceptors (Lipinski definition) is 5. The summed E-state index contributed by atoms with van der Waals surface area (Å²) in [4.78, 5) is 0.584. The van der Waals surface area contributed by atoms with E-state index in [9.17, 15) is 8.42 Å². The van der Waals surface area contributed by atoms with E-state index in [-0.39, 0.29) is 4.90 Å². The molecule has 3 aromatic rings. The van der Waals surface area contributed by atoms with Gasteiger partial charge in [-0.1, -0.05) is 29.5 Å². The first-order chi connectivity index (χ1) is 12.5. The van der Waals surface area contributed by atoms with E-state index in [1.54, 1.807) is 37.4 Å². The smallest absolute Gasteiger partial charge is 0.285 e. The van der Waals surface area contributed by atoms with E-state index in [1.165, 1.54) is 11.3 Å². The lowest BCUT2D eigenvalue weighted by atomic mass is 10.3. The summed E-state index contributed by atoms with van der Waals surface area (Å²) < 4.78 is 42.8. The fraction of sp³-hybridized carbons (Fsp3) is 0.278. The first kappa shape index (κ1) is 18.6. The largest absolute Gasteiger partial charge is 0.494 e. The van der Waals surface area contributed by atoms with Crippen molar-refractivity contribution in [1.82, 2.24) is 4.57 Å². The van der Waals surface area contributed by atoms with Gasteiger partial charge in [-0.3, -0.25) is 0 Å². The predicted molar refractivity (Wildman–Crippen MR) is 102 cm³/mol. The zero-order chi connectivity index (χ0) is 18.6. The molecule has 6 nitrogen and oxygen atoms in total. The van der Waals surface area contributed by atoms with E-state index >= 15 is 0 Å². The molecule has 0 saturated heterocycles. The summed E-state index contributed by atoms with van der Waals surface area (Å²) in [5.74, 6) is 0.748. The van der Waals surface area contributed by atoms with Gasteiger partial charge in [0, 0.05) is 13.7 Å². The van der Waals surface area contributed by atoms with Crippen LogP contribution in [-0.4, -0.2) is 33.3 Å². The molecular formula is C18H20N2O4S2. The van der Waals surface area contributed by atoms with E-state index < -0.39 is 10.0 Å². The Bertz CT molecular complexity index is 1050. The molecule has 0 fully saturated rings. The molecule has 0 aliphatic rings. The fourth-order valence-electron chi connectivity index (χ4n) is 2.53. The highest BCUT2D eigenvalue weighted by atomic mass is 32.2. The maximum absolute atomic E-state index is 12.6. The summed E-state index contributed by atoms with van der Waals surface area (Å²) >= 11 is 1.32. The number of hydrogen-bond donors (Lipinski definition) is 0. The molecule has 0 unspecified atom stereocenters. The first-order valence-electron chi connectivity index (χ1n) is 8.16. The van der Waals surface area contributed by atoms with Crippen LogP contribution in [0.5, 0.6) is 5.75 Å². The Hall–Kier alpha value is -2.16. The van der Waals surface area contributed by atoms with Crippen molar-refractivity contribution in [2.75, 3.05) is 20.3 Å². The van der Waals surface area contributed by atoms with Crippen LogP contribution in [0.4, 0.5) is 0 Å². The van der Waals surface area contributed by atoms with Crippen molar-refractivity contribution in [3.05, 3.63) is 53.3 Å². The fourth-order valence-corrected chi connectivity index (χ4v) is 4.84. The molecule has 0 spiro atoms. The van der Waals surface area contributed by atoms with Gasteiger partial charge in [0.15, 0.2) is 0 Å². The summed E-state index contributed by atoms with van der Waals surface area (Å²) in [6.45, 7) is 3.45. The minimum Gasteiger partial charge on any atom is -0.494 e. The molecule has 0 saturated carbocycles. The third-order valence-corrected chi connectivity index (χ3v) is 6.16. The highest BCUT2D eigenvalue weighted by Crippen LogP contribution is 2.24. The van der Waals surface area contributed by atoms with Crippen LogP contribution in [0.3, 0.4) is 0 Å². The Morgan fingerprint density at radius 1 is 1.15 bits per heavy atom. The number of ether oxygens (including phenoxy) is 2. The van der Waals surface area contributed by atoms with Gasteiger partial charge in [-0.15, -0.1) is 4.40 Å². The van der Waals surface area contributed by atoms with Crippen molar-refractivity contribution >= 4 is 31.6 Å². The van der Waals surface area contributed by atoms with Crippen molar-refractivity contribution in [1.29, 1.82) is 0 Å². The number of aromatic nitrogens is 1. The number of rotatable bonds is 7. The Balaban J connectivity index is 2.17. The lowest BCUT2D eigenvalue weighted by molar-refractivity contribution is 0.187. The van der Waals surface area contributed by atoms with Crippen LogP contribution >= 0.6 is 11.3 Å². The molecule has 0 bridgehead atoms. The molecule has 0 amide bonds. The molecule has 0 N–H and O–H groups in total. The van der Waals surface area contributed by atoms with Crippen LogP contribution in [-0.2, 0) is 21.3 Å². The van der Waals surface area contributed by atoms with Gasteiger partial charge in [0.05, 0.1) is 28.3 Å². The highest BCUT2D eigenvalue weighted by molar-refractivity contribution is 7.90. The lowest BCUT2D eigenvalue weighted by Gasteiger charge is -2.06. The summed E-state index contributed by atoms with van der Waals surface area (Å²) in [6, 6.07) is 13.9. The monoisotopic (exact) mass is 392 g/mol. The normalized spacial score (nSPS) is 12.6. The second-order valence-electron chi connectivity index (χ2n) is 5.47. The molecule has 0 aliphatic carbocycles. The molecule has 0 atom stereocenters. The van der Waals surface area contributed by atoms with Crippen molar-refractivity contribution in [2.45, 2.75) is 18.4 Å². The van der Waals surface area contributed by atoms with Crippen LogP contribution in [0.2, 0.25) is 0 Å². The van der Waals surface area contributed by atoms with E-state index in [0.29, 0.717) is 24.6 Å². The molecular weight excluding hydrogens is 372 g/mol. The minimum absolute atomic E-state index is 0.172. The first-order valence-corrected chi connectivity index (χ1v) is 10.4. The zero-order valence-corrected chi connectivity index (χ0v) is 16.2. The van der Waals surface area contributed by atoms with E-state index in [4.69, 9.17) is 9.47 Å².